The van der Waals surface area contributed by atoms with Crippen molar-refractivity contribution in [3.05, 3.63) is 58.3 Å². The summed E-state index contributed by atoms with van der Waals surface area (Å²) in [4.78, 5) is 34.2. The van der Waals surface area contributed by atoms with E-state index < -0.39 is 11.6 Å². The number of pyridine rings is 1. The molecular weight excluding hydrogens is 472 g/mol. The number of carboxylic acid groups (broad SMARTS) is 1. The highest BCUT2D eigenvalue weighted by Crippen LogP contribution is 2.38. The molecular formula is C24H31BrN4O3. The topological polar surface area (TPSA) is 77.0 Å². The quantitative estimate of drug-likeness (QED) is 0.654. The molecule has 1 atom stereocenters. The Morgan fingerprint density at radius 3 is 2.34 bits per heavy atom. The zero-order valence-electron chi connectivity index (χ0n) is 19.3. The maximum atomic E-state index is 12.7. The third-order valence-electron chi connectivity index (χ3n) is 6.59. The Morgan fingerprint density at radius 2 is 1.81 bits per heavy atom. The Balaban J connectivity index is 1.69. The summed E-state index contributed by atoms with van der Waals surface area (Å²) in [6.45, 7) is 10.9. The first-order chi connectivity index (χ1) is 14.9. The molecule has 172 valence electrons. The van der Waals surface area contributed by atoms with Crippen molar-refractivity contribution in [2.75, 3.05) is 31.6 Å². The maximum absolute atomic E-state index is 12.7. The van der Waals surface area contributed by atoms with Crippen molar-refractivity contribution in [1.29, 1.82) is 0 Å². The van der Waals surface area contributed by atoms with Gasteiger partial charge in [0.15, 0.2) is 0 Å². The molecule has 1 aromatic carbocycles. The van der Waals surface area contributed by atoms with Gasteiger partial charge in [0.25, 0.3) is 5.91 Å². The van der Waals surface area contributed by atoms with Gasteiger partial charge in [0.2, 0.25) is 0 Å². The highest BCUT2D eigenvalue weighted by atomic mass is 79.9. The number of nitrogens with zero attached hydrogens (tertiary/aromatic N) is 4. The molecule has 0 aliphatic carbocycles. The van der Waals surface area contributed by atoms with Gasteiger partial charge in [-0.05, 0) is 58.1 Å². The average Bonchev–Trinajstić information content (AvgIpc) is 2.73. The molecule has 2 heterocycles. The van der Waals surface area contributed by atoms with Crippen molar-refractivity contribution in [3.8, 4) is 0 Å². The molecule has 1 N–H and O–H groups in total. The molecule has 1 fully saturated rings. The average molecular weight is 503 g/mol. The summed E-state index contributed by atoms with van der Waals surface area (Å²) in [5.74, 6) is -0.170. The lowest BCUT2D eigenvalue weighted by molar-refractivity contribution is -0.0462. The molecule has 1 aliphatic rings. The lowest BCUT2D eigenvalue weighted by Gasteiger charge is -2.54. The van der Waals surface area contributed by atoms with E-state index in [0.717, 1.165) is 22.3 Å². The monoisotopic (exact) mass is 502 g/mol. The summed E-state index contributed by atoms with van der Waals surface area (Å²) in [7, 11) is 1.74. The van der Waals surface area contributed by atoms with Crippen molar-refractivity contribution in [3.63, 3.8) is 0 Å². The zero-order chi connectivity index (χ0) is 23.7. The fourth-order valence-corrected chi connectivity index (χ4v) is 4.28. The van der Waals surface area contributed by atoms with Gasteiger partial charge >= 0.3 is 6.09 Å². The number of halogens is 1. The van der Waals surface area contributed by atoms with Crippen LogP contribution in [0, 0.1) is 5.41 Å². The van der Waals surface area contributed by atoms with E-state index in [-0.39, 0.29) is 11.3 Å². The number of benzene rings is 1. The molecule has 0 bridgehead atoms. The molecule has 32 heavy (non-hydrogen) atoms. The van der Waals surface area contributed by atoms with Gasteiger partial charge in [-0.1, -0.05) is 32.9 Å². The first-order valence-corrected chi connectivity index (χ1v) is 11.4. The van der Waals surface area contributed by atoms with Crippen molar-refractivity contribution < 1.29 is 14.7 Å². The number of rotatable bonds is 4. The number of anilines is 1. The molecule has 1 saturated heterocycles. The van der Waals surface area contributed by atoms with Crippen LogP contribution in [0.4, 0.5) is 10.5 Å². The van der Waals surface area contributed by atoms with Gasteiger partial charge in [-0.3, -0.25) is 14.6 Å². The summed E-state index contributed by atoms with van der Waals surface area (Å²) < 4.78 is 0.827. The first kappa shape index (κ1) is 24.2. The molecule has 0 spiro atoms. The minimum absolute atomic E-state index is 0.170. The number of piperazine rings is 1. The van der Waals surface area contributed by atoms with Crippen molar-refractivity contribution in [2.24, 2.45) is 5.41 Å². The second kappa shape index (κ2) is 9.19. The number of amides is 2. The van der Waals surface area contributed by atoms with Gasteiger partial charge in [0.05, 0.1) is 5.54 Å². The highest BCUT2D eigenvalue weighted by Gasteiger charge is 2.48. The van der Waals surface area contributed by atoms with Crippen LogP contribution in [0.15, 0.2) is 47.1 Å². The third-order valence-corrected chi connectivity index (χ3v) is 7.06. The van der Waals surface area contributed by atoms with E-state index in [2.05, 4.69) is 46.6 Å². The Kier molecular flexibility index (Phi) is 6.95. The molecule has 0 saturated carbocycles. The maximum Gasteiger partial charge on any atom is 0.407 e. The molecule has 1 aromatic heterocycles. The molecule has 1 aliphatic heterocycles. The minimum Gasteiger partial charge on any atom is -0.465 e. The predicted octanol–water partition coefficient (Wildman–Crippen LogP) is 4.72. The molecule has 2 amide bonds. The van der Waals surface area contributed by atoms with Gasteiger partial charge in [-0.15, -0.1) is 0 Å². The second-order valence-electron chi connectivity index (χ2n) is 9.56. The fraction of sp³-hybridized carbons (Fsp3) is 0.458. The summed E-state index contributed by atoms with van der Waals surface area (Å²) >= 11 is 3.33. The summed E-state index contributed by atoms with van der Waals surface area (Å²) in [6, 6.07) is 11.4. The van der Waals surface area contributed by atoms with E-state index in [1.165, 1.54) is 0 Å². The molecule has 7 nitrogen and oxygen atoms in total. The van der Waals surface area contributed by atoms with E-state index in [1.54, 1.807) is 35.2 Å². The van der Waals surface area contributed by atoms with E-state index in [1.807, 2.05) is 31.2 Å². The molecule has 2 aromatic rings. The summed E-state index contributed by atoms with van der Waals surface area (Å²) in [5, 5.41) is 9.70. The second-order valence-corrected chi connectivity index (χ2v) is 10.5. The predicted molar refractivity (Wildman–Crippen MR) is 129 cm³/mol. The van der Waals surface area contributed by atoms with Crippen LogP contribution in [0.25, 0.3) is 0 Å². The van der Waals surface area contributed by atoms with E-state index in [0.29, 0.717) is 25.3 Å². The molecule has 0 radical (unpaired) electrons. The number of carbonyl (C=O) groups excluding carboxylic acids is 1. The van der Waals surface area contributed by atoms with E-state index in [9.17, 15) is 14.7 Å². The number of carbonyl (C=O) groups is 2. The Morgan fingerprint density at radius 1 is 1.16 bits per heavy atom. The molecule has 8 heteroatoms. The number of aromatic nitrogens is 1. The van der Waals surface area contributed by atoms with Crippen molar-refractivity contribution >= 4 is 33.6 Å². The standard InChI is InChI=1S/C24H31BrN4O3/c1-23(2,3)24(4)16-28(12-13-29(24)22(31)32)15-17-6-9-19(10-7-17)27(5)21(30)20-11-8-18(25)14-26-20/h6-11,14H,12-13,15-16H2,1-5H3,(H,31,32)/t24-/m1/s1. The minimum atomic E-state index is -0.862. The summed E-state index contributed by atoms with van der Waals surface area (Å²) in [6.07, 6.45) is 0.749. The van der Waals surface area contributed by atoms with Crippen LogP contribution in [0.1, 0.15) is 43.7 Å². The molecule has 0 unspecified atom stereocenters. The lowest BCUT2D eigenvalue weighted by atomic mass is 9.72. The van der Waals surface area contributed by atoms with Crippen LogP contribution in [-0.2, 0) is 6.54 Å². The van der Waals surface area contributed by atoms with Gasteiger partial charge in [-0.2, -0.15) is 0 Å². The van der Waals surface area contributed by atoms with Crippen LogP contribution < -0.4 is 4.90 Å². The molecule has 3 rings (SSSR count). The van der Waals surface area contributed by atoms with Crippen LogP contribution in [-0.4, -0.2) is 64.1 Å². The fourth-order valence-electron chi connectivity index (χ4n) is 4.05. The van der Waals surface area contributed by atoms with Crippen molar-refractivity contribution in [2.45, 2.75) is 39.8 Å². The van der Waals surface area contributed by atoms with Gasteiger partial charge < -0.3 is 10.0 Å². The summed E-state index contributed by atoms with van der Waals surface area (Å²) in [5.41, 5.74) is 1.62. The van der Waals surface area contributed by atoms with Gasteiger partial charge in [0, 0.05) is 49.6 Å². The number of hydrogen-bond donors (Lipinski definition) is 1. The largest absolute Gasteiger partial charge is 0.465 e. The first-order valence-electron chi connectivity index (χ1n) is 10.6. The van der Waals surface area contributed by atoms with Gasteiger partial charge in [0.1, 0.15) is 5.69 Å². The Labute approximate surface area is 198 Å². The lowest BCUT2D eigenvalue weighted by Crippen LogP contribution is -2.67. The smallest absolute Gasteiger partial charge is 0.407 e. The van der Waals surface area contributed by atoms with Crippen LogP contribution >= 0.6 is 15.9 Å². The van der Waals surface area contributed by atoms with Crippen LogP contribution in [0.2, 0.25) is 0 Å². The van der Waals surface area contributed by atoms with E-state index >= 15 is 0 Å². The Bertz CT molecular complexity index is 972. The highest BCUT2D eigenvalue weighted by molar-refractivity contribution is 9.10. The van der Waals surface area contributed by atoms with Crippen LogP contribution in [0.5, 0.6) is 0 Å². The number of hydrogen-bond acceptors (Lipinski definition) is 4. The van der Waals surface area contributed by atoms with Crippen molar-refractivity contribution in [1.82, 2.24) is 14.8 Å². The van der Waals surface area contributed by atoms with Crippen LogP contribution in [0.3, 0.4) is 0 Å². The third kappa shape index (κ3) is 4.96. The normalized spacial score (nSPS) is 19.6. The SMILES string of the molecule is CN(C(=O)c1ccc(Br)cn1)c1ccc(CN2CCN(C(=O)O)[C@@](C)(C(C)(C)C)C2)cc1. The van der Waals surface area contributed by atoms with Gasteiger partial charge in [-0.25, -0.2) is 9.78 Å². The zero-order valence-corrected chi connectivity index (χ0v) is 20.9. The Hall–Kier alpha value is -2.45. The van der Waals surface area contributed by atoms with E-state index in [4.69, 9.17) is 0 Å².